The molecule has 0 aliphatic carbocycles. The van der Waals surface area contributed by atoms with Gasteiger partial charge >= 0.3 is 6.03 Å². The predicted molar refractivity (Wildman–Crippen MR) is 91.4 cm³/mol. The maximum Gasteiger partial charge on any atom is 0.325 e. The van der Waals surface area contributed by atoms with Crippen LogP contribution in [0.15, 0.2) is 18.2 Å². The molecule has 0 spiro atoms. The van der Waals surface area contributed by atoms with Crippen molar-refractivity contribution in [3.05, 3.63) is 34.9 Å². The van der Waals surface area contributed by atoms with Crippen LogP contribution in [0, 0.1) is 13.8 Å². The van der Waals surface area contributed by atoms with Crippen LogP contribution >= 0.6 is 0 Å². The zero-order valence-corrected chi connectivity index (χ0v) is 14.7. The molecule has 6 nitrogen and oxygen atoms in total. The van der Waals surface area contributed by atoms with Gasteiger partial charge in [0.25, 0.3) is 5.91 Å². The number of imide groups is 1. The van der Waals surface area contributed by atoms with Crippen molar-refractivity contribution in [3.63, 3.8) is 0 Å². The summed E-state index contributed by atoms with van der Waals surface area (Å²) in [6.07, 6.45) is 1.38. The van der Waals surface area contributed by atoms with Crippen molar-refractivity contribution in [2.24, 2.45) is 0 Å². The number of nitrogens with zero attached hydrogens (tertiary/aromatic N) is 1. The number of amides is 4. The zero-order chi connectivity index (χ0) is 17.9. The summed E-state index contributed by atoms with van der Waals surface area (Å²) in [5.74, 6) is -0.669. The fourth-order valence-electron chi connectivity index (χ4n) is 2.76. The molecule has 0 aromatic heterocycles. The Hall–Kier alpha value is -2.37. The fourth-order valence-corrected chi connectivity index (χ4v) is 2.76. The smallest absolute Gasteiger partial charge is 0.325 e. The Morgan fingerprint density at radius 2 is 2.00 bits per heavy atom. The average molecular weight is 331 g/mol. The quantitative estimate of drug-likeness (QED) is 0.785. The lowest BCUT2D eigenvalue weighted by Crippen LogP contribution is -2.41. The van der Waals surface area contributed by atoms with Gasteiger partial charge in [0, 0.05) is 0 Å². The number of carbonyl (C=O) groups excluding carboxylic acids is 3. The molecule has 4 amide bonds. The normalized spacial score (nSPS) is 18.5. The summed E-state index contributed by atoms with van der Waals surface area (Å²) in [6, 6.07) is 4.83. The Balaban J connectivity index is 1.96. The maximum atomic E-state index is 12.2. The second-order valence-electron chi connectivity index (χ2n) is 6.35. The molecule has 0 bridgehead atoms. The average Bonchev–Trinajstić information content (AvgIpc) is 2.78. The van der Waals surface area contributed by atoms with Gasteiger partial charge in [-0.3, -0.25) is 14.5 Å². The number of carbonyl (C=O) groups is 3. The van der Waals surface area contributed by atoms with Crippen molar-refractivity contribution in [2.45, 2.75) is 52.6 Å². The summed E-state index contributed by atoms with van der Waals surface area (Å²) >= 11 is 0. The van der Waals surface area contributed by atoms with Gasteiger partial charge in [-0.15, -0.1) is 0 Å². The van der Waals surface area contributed by atoms with Crippen LogP contribution in [0.4, 0.5) is 4.79 Å². The molecule has 24 heavy (non-hydrogen) atoms. The molecule has 2 atom stereocenters. The van der Waals surface area contributed by atoms with Crippen molar-refractivity contribution >= 4 is 17.8 Å². The first-order valence-corrected chi connectivity index (χ1v) is 8.31. The lowest BCUT2D eigenvalue weighted by atomic mass is 10.0. The minimum atomic E-state index is -0.507. The van der Waals surface area contributed by atoms with Gasteiger partial charge in [-0.2, -0.15) is 0 Å². The number of rotatable bonds is 6. The van der Waals surface area contributed by atoms with E-state index in [1.165, 1.54) is 5.56 Å². The minimum absolute atomic E-state index is 0.191. The van der Waals surface area contributed by atoms with Gasteiger partial charge in [0.2, 0.25) is 5.91 Å². The molecular formula is C18H25N3O3. The molecule has 1 fully saturated rings. The minimum Gasteiger partial charge on any atom is -0.348 e. The number of benzene rings is 1. The van der Waals surface area contributed by atoms with Crippen LogP contribution in [0.2, 0.25) is 0 Å². The third-order valence-electron chi connectivity index (χ3n) is 4.39. The molecule has 1 aromatic rings. The first-order valence-electron chi connectivity index (χ1n) is 8.31. The molecule has 1 aliphatic rings. The van der Waals surface area contributed by atoms with Crippen LogP contribution in [0.5, 0.6) is 0 Å². The van der Waals surface area contributed by atoms with Crippen molar-refractivity contribution in [3.8, 4) is 0 Å². The maximum absolute atomic E-state index is 12.2. The van der Waals surface area contributed by atoms with Gasteiger partial charge in [-0.1, -0.05) is 31.5 Å². The molecule has 2 N–H and O–H groups in total. The second kappa shape index (κ2) is 7.47. The molecule has 6 heteroatoms. The highest BCUT2D eigenvalue weighted by Gasteiger charge is 2.38. The van der Waals surface area contributed by atoms with E-state index in [2.05, 4.69) is 10.6 Å². The number of hydrogen-bond donors (Lipinski definition) is 2. The molecule has 0 radical (unpaired) electrons. The summed E-state index contributed by atoms with van der Waals surface area (Å²) in [7, 11) is 0. The van der Waals surface area contributed by atoms with Crippen LogP contribution in [0.3, 0.4) is 0 Å². The Bertz CT molecular complexity index is 657. The topological polar surface area (TPSA) is 78.5 Å². The molecule has 0 unspecified atom stereocenters. The first-order chi connectivity index (χ1) is 11.3. The Kier molecular flexibility index (Phi) is 5.59. The predicted octanol–water partition coefficient (Wildman–Crippen LogP) is 2.20. The highest BCUT2D eigenvalue weighted by molar-refractivity contribution is 6.06. The van der Waals surface area contributed by atoms with E-state index in [0.717, 1.165) is 22.4 Å². The third-order valence-corrected chi connectivity index (χ3v) is 4.39. The molecule has 1 saturated heterocycles. The summed E-state index contributed by atoms with van der Waals surface area (Å²) in [6.45, 7) is 7.63. The molecule has 130 valence electrons. The summed E-state index contributed by atoms with van der Waals surface area (Å²) in [5.41, 5.74) is 3.34. The van der Waals surface area contributed by atoms with E-state index in [9.17, 15) is 14.4 Å². The molecule has 1 aliphatic heterocycles. The van der Waals surface area contributed by atoms with Crippen molar-refractivity contribution < 1.29 is 14.4 Å². The van der Waals surface area contributed by atoms with Gasteiger partial charge in [-0.25, -0.2) is 4.79 Å². The largest absolute Gasteiger partial charge is 0.348 e. The zero-order valence-electron chi connectivity index (χ0n) is 14.7. The number of hydrogen-bond acceptors (Lipinski definition) is 3. The highest BCUT2D eigenvalue weighted by atomic mass is 16.2. The van der Waals surface area contributed by atoms with Crippen LogP contribution in [0.25, 0.3) is 0 Å². The van der Waals surface area contributed by atoms with Crippen LogP contribution in [-0.2, 0) is 9.59 Å². The van der Waals surface area contributed by atoms with Crippen LogP contribution in [-0.4, -0.2) is 35.3 Å². The van der Waals surface area contributed by atoms with Gasteiger partial charge in [0.05, 0.1) is 6.04 Å². The molecule has 1 aromatic carbocycles. The second-order valence-corrected chi connectivity index (χ2v) is 6.35. The van der Waals surface area contributed by atoms with E-state index in [1.807, 2.05) is 45.9 Å². The van der Waals surface area contributed by atoms with Gasteiger partial charge in [0.15, 0.2) is 0 Å². The van der Waals surface area contributed by atoms with Crippen molar-refractivity contribution in [1.29, 1.82) is 0 Å². The summed E-state index contributed by atoms with van der Waals surface area (Å²) in [4.78, 5) is 37.2. The van der Waals surface area contributed by atoms with E-state index in [0.29, 0.717) is 6.42 Å². The van der Waals surface area contributed by atoms with E-state index >= 15 is 0 Å². The summed E-state index contributed by atoms with van der Waals surface area (Å²) in [5, 5.41) is 5.46. The standard InChI is InChI=1S/C18H25N3O3/c1-5-6-15-17(23)21(18(24)20-15)10-16(22)19-13(4)14-8-7-11(2)12(3)9-14/h7-9,13,15H,5-6,10H2,1-4H3,(H,19,22)(H,20,24)/t13-,15-/m0/s1. The third kappa shape index (κ3) is 3.93. The Morgan fingerprint density at radius 1 is 1.29 bits per heavy atom. The first kappa shape index (κ1) is 18.0. The Morgan fingerprint density at radius 3 is 2.62 bits per heavy atom. The van der Waals surface area contributed by atoms with Gasteiger partial charge in [0.1, 0.15) is 12.6 Å². The number of urea groups is 1. The SMILES string of the molecule is CCC[C@@H]1NC(=O)N(CC(=O)N[C@@H](C)c2ccc(C)c(C)c2)C1=O. The van der Waals surface area contributed by atoms with Crippen LogP contribution in [0.1, 0.15) is 49.4 Å². The lowest BCUT2D eigenvalue weighted by molar-refractivity contribution is -0.132. The van der Waals surface area contributed by atoms with Gasteiger partial charge < -0.3 is 10.6 Å². The van der Waals surface area contributed by atoms with E-state index in [4.69, 9.17) is 0 Å². The van der Waals surface area contributed by atoms with Crippen molar-refractivity contribution in [1.82, 2.24) is 15.5 Å². The number of aryl methyl sites for hydroxylation is 2. The highest BCUT2D eigenvalue weighted by Crippen LogP contribution is 2.17. The van der Waals surface area contributed by atoms with E-state index in [-0.39, 0.29) is 24.4 Å². The molecule has 0 saturated carbocycles. The summed E-state index contributed by atoms with van der Waals surface area (Å²) < 4.78 is 0. The Labute approximate surface area is 142 Å². The fraction of sp³-hybridized carbons (Fsp3) is 0.500. The molecular weight excluding hydrogens is 306 g/mol. The lowest BCUT2D eigenvalue weighted by Gasteiger charge is -2.18. The van der Waals surface area contributed by atoms with Gasteiger partial charge in [-0.05, 0) is 43.9 Å². The van der Waals surface area contributed by atoms with E-state index < -0.39 is 12.1 Å². The molecule has 1 heterocycles. The van der Waals surface area contributed by atoms with Crippen molar-refractivity contribution in [2.75, 3.05) is 6.54 Å². The van der Waals surface area contributed by atoms with Crippen LogP contribution < -0.4 is 10.6 Å². The van der Waals surface area contributed by atoms with E-state index in [1.54, 1.807) is 0 Å². The molecule has 2 rings (SSSR count). The monoisotopic (exact) mass is 331 g/mol. The number of nitrogens with one attached hydrogen (secondary N) is 2.